The fraction of sp³-hybridized carbons (Fsp3) is 0.714. The van der Waals surface area contributed by atoms with Crippen LogP contribution < -0.4 is 0 Å². The number of hydrogen-bond acceptors (Lipinski definition) is 3. The van der Waals surface area contributed by atoms with E-state index in [0.717, 1.165) is 18.8 Å². The van der Waals surface area contributed by atoms with E-state index in [9.17, 15) is 5.11 Å². The average molecular weight is 352 g/mol. The van der Waals surface area contributed by atoms with Crippen molar-refractivity contribution in [3.63, 3.8) is 0 Å². The number of hydrogen-bond donors (Lipinski definition) is 1. The molecule has 0 fully saturated rings. The largest absolute Gasteiger partial charge is 0.391 e. The number of unbranched alkanes of at least 4 members (excludes halogenated alkanes) is 4. The number of benzene rings is 1. The van der Waals surface area contributed by atoms with Gasteiger partial charge in [-0.05, 0) is 25.5 Å². The maximum absolute atomic E-state index is 10.3. The van der Waals surface area contributed by atoms with Crippen molar-refractivity contribution in [1.82, 2.24) is 4.90 Å². The van der Waals surface area contributed by atoms with Gasteiger partial charge in [0.15, 0.2) is 0 Å². The number of rotatable bonds is 14. The van der Waals surface area contributed by atoms with Gasteiger partial charge in [0.25, 0.3) is 0 Å². The van der Waals surface area contributed by atoms with Gasteiger partial charge >= 0.3 is 0 Å². The van der Waals surface area contributed by atoms with Gasteiger partial charge in [0.05, 0.1) is 6.10 Å². The molecule has 0 saturated carbocycles. The van der Waals surface area contributed by atoms with E-state index in [-0.39, 0.29) is 6.10 Å². The van der Waals surface area contributed by atoms with Crippen molar-refractivity contribution in [2.45, 2.75) is 76.7 Å². The smallest absolute Gasteiger partial charge is 0.0757 e. The Morgan fingerprint density at radius 3 is 2.42 bits per heavy atom. The van der Waals surface area contributed by atoms with Gasteiger partial charge in [-0.15, -0.1) is 0 Å². The van der Waals surface area contributed by atoms with Gasteiger partial charge < -0.3 is 5.11 Å². The first-order chi connectivity index (χ1) is 11.7. The molecule has 2 atom stereocenters. The summed E-state index contributed by atoms with van der Waals surface area (Å²) in [5.41, 5.74) is 1.30. The Morgan fingerprint density at radius 2 is 1.75 bits per heavy atom. The SMILES string of the molecule is CCCCCCCC(CC)SCC(O)CN(C)Cc1ccccc1. The summed E-state index contributed by atoms with van der Waals surface area (Å²) in [4.78, 5) is 2.21. The summed E-state index contributed by atoms with van der Waals surface area (Å²) >= 11 is 1.97. The van der Waals surface area contributed by atoms with E-state index in [4.69, 9.17) is 0 Å². The van der Waals surface area contributed by atoms with Crippen LogP contribution >= 0.6 is 11.8 Å². The van der Waals surface area contributed by atoms with Crippen LogP contribution in [0.15, 0.2) is 30.3 Å². The molecule has 0 amide bonds. The molecule has 3 heteroatoms. The summed E-state index contributed by atoms with van der Waals surface area (Å²) in [6, 6.07) is 10.5. The van der Waals surface area contributed by atoms with Crippen LogP contribution in [-0.4, -0.2) is 40.7 Å². The predicted octanol–water partition coefficient (Wildman–Crippen LogP) is 5.35. The first-order valence-electron chi connectivity index (χ1n) is 9.67. The van der Waals surface area contributed by atoms with E-state index in [1.165, 1.54) is 50.5 Å². The van der Waals surface area contributed by atoms with Crippen LogP contribution in [-0.2, 0) is 6.54 Å². The minimum atomic E-state index is -0.238. The van der Waals surface area contributed by atoms with Crippen LogP contribution in [0.5, 0.6) is 0 Å². The highest BCUT2D eigenvalue weighted by molar-refractivity contribution is 7.99. The molecule has 0 bridgehead atoms. The summed E-state index contributed by atoms with van der Waals surface area (Å²) in [6.45, 7) is 6.19. The van der Waals surface area contributed by atoms with Crippen molar-refractivity contribution in [3.05, 3.63) is 35.9 Å². The van der Waals surface area contributed by atoms with Gasteiger partial charge in [0, 0.05) is 24.1 Å². The van der Waals surface area contributed by atoms with Gasteiger partial charge in [0.1, 0.15) is 0 Å². The molecule has 1 aromatic carbocycles. The molecule has 138 valence electrons. The molecule has 2 unspecified atom stereocenters. The van der Waals surface area contributed by atoms with E-state index >= 15 is 0 Å². The third-order valence-corrected chi connectivity index (χ3v) is 6.04. The molecule has 0 spiro atoms. The average Bonchev–Trinajstić information content (AvgIpc) is 2.58. The summed E-state index contributed by atoms with van der Waals surface area (Å²) in [7, 11) is 2.09. The second-order valence-electron chi connectivity index (χ2n) is 6.90. The van der Waals surface area contributed by atoms with Crippen LogP contribution in [0.2, 0.25) is 0 Å². The van der Waals surface area contributed by atoms with E-state index in [2.05, 4.69) is 50.1 Å². The number of nitrogens with zero attached hydrogens (tertiary/aromatic N) is 1. The standard InChI is InChI=1S/C21H37NOS/c1-4-6-7-8-12-15-21(5-2)24-18-20(23)17-22(3)16-19-13-10-9-11-14-19/h9-11,13-14,20-21,23H,4-8,12,15-18H2,1-3H3. The van der Waals surface area contributed by atoms with Crippen LogP contribution in [0.1, 0.15) is 64.4 Å². The van der Waals surface area contributed by atoms with Crippen LogP contribution in [0, 0.1) is 0 Å². The van der Waals surface area contributed by atoms with Gasteiger partial charge in [0.2, 0.25) is 0 Å². The highest BCUT2D eigenvalue weighted by atomic mass is 32.2. The van der Waals surface area contributed by atoms with Gasteiger partial charge in [-0.1, -0.05) is 76.3 Å². The highest BCUT2D eigenvalue weighted by Gasteiger charge is 2.13. The van der Waals surface area contributed by atoms with E-state index in [1.54, 1.807) is 0 Å². The predicted molar refractivity (Wildman–Crippen MR) is 109 cm³/mol. The maximum Gasteiger partial charge on any atom is 0.0757 e. The summed E-state index contributed by atoms with van der Waals surface area (Å²) in [5, 5.41) is 11.0. The van der Waals surface area contributed by atoms with Crippen molar-refractivity contribution in [2.24, 2.45) is 0 Å². The number of aliphatic hydroxyl groups excluding tert-OH is 1. The Morgan fingerprint density at radius 1 is 1.04 bits per heavy atom. The molecule has 1 rings (SSSR count). The maximum atomic E-state index is 10.3. The Labute approximate surface area is 154 Å². The third-order valence-electron chi connectivity index (χ3n) is 4.43. The van der Waals surface area contributed by atoms with Crippen LogP contribution in [0.4, 0.5) is 0 Å². The topological polar surface area (TPSA) is 23.5 Å². The molecular weight excluding hydrogens is 314 g/mol. The molecule has 1 aromatic rings. The lowest BCUT2D eigenvalue weighted by Gasteiger charge is -2.22. The lowest BCUT2D eigenvalue weighted by molar-refractivity contribution is 0.142. The zero-order valence-electron chi connectivity index (χ0n) is 15.9. The Bertz CT molecular complexity index is 398. The fourth-order valence-electron chi connectivity index (χ4n) is 3.00. The molecule has 2 nitrogen and oxygen atoms in total. The normalized spacial score (nSPS) is 14.0. The number of thioether (sulfide) groups is 1. The van der Waals surface area contributed by atoms with Crippen molar-refractivity contribution >= 4 is 11.8 Å². The Balaban J connectivity index is 2.17. The van der Waals surface area contributed by atoms with Crippen molar-refractivity contribution < 1.29 is 5.11 Å². The second kappa shape index (κ2) is 13.7. The third kappa shape index (κ3) is 10.4. The summed E-state index contributed by atoms with van der Waals surface area (Å²) in [6.07, 6.45) is 9.05. The zero-order valence-corrected chi connectivity index (χ0v) is 16.7. The number of likely N-dealkylation sites (N-methyl/N-ethyl adjacent to an activating group) is 1. The first-order valence-corrected chi connectivity index (χ1v) is 10.7. The van der Waals surface area contributed by atoms with Crippen LogP contribution in [0.3, 0.4) is 0 Å². The van der Waals surface area contributed by atoms with E-state index < -0.39 is 0 Å². The molecule has 0 aliphatic carbocycles. The van der Waals surface area contributed by atoms with Gasteiger partial charge in [-0.25, -0.2) is 0 Å². The molecule has 24 heavy (non-hydrogen) atoms. The van der Waals surface area contributed by atoms with Crippen molar-refractivity contribution in [2.75, 3.05) is 19.3 Å². The highest BCUT2D eigenvalue weighted by Crippen LogP contribution is 2.22. The Kier molecular flexibility index (Phi) is 12.3. The molecule has 0 saturated heterocycles. The first kappa shape index (κ1) is 21.5. The molecule has 0 radical (unpaired) electrons. The second-order valence-corrected chi connectivity index (χ2v) is 8.24. The minimum absolute atomic E-state index is 0.238. The summed E-state index contributed by atoms with van der Waals surface area (Å²) < 4.78 is 0. The van der Waals surface area contributed by atoms with E-state index in [0.29, 0.717) is 5.25 Å². The van der Waals surface area contributed by atoms with Gasteiger partial charge in [-0.3, -0.25) is 4.90 Å². The lowest BCUT2D eigenvalue weighted by Crippen LogP contribution is -2.30. The van der Waals surface area contributed by atoms with Crippen molar-refractivity contribution in [3.8, 4) is 0 Å². The van der Waals surface area contributed by atoms with Crippen molar-refractivity contribution in [1.29, 1.82) is 0 Å². The molecule has 0 heterocycles. The van der Waals surface area contributed by atoms with Crippen LogP contribution in [0.25, 0.3) is 0 Å². The zero-order chi connectivity index (χ0) is 17.6. The van der Waals surface area contributed by atoms with Gasteiger partial charge in [-0.2, -0.15) is 11.8 Å². The Hall–Kier alpha value is -0.510. The molecule has 0 aliphatic heterocycles. The van der Waals surface area contributed by atoms with E-state index in [1.807, 2.05) is 17.8 Å². The molecule has 0 aliphatic rings. The molecular formula is C21H37NOS. The quantitative estimate of drug-likeness (QED) is 0.457. The fourth-order valence-corrected chi connectivity index (χ4v) is 4.17. The minimum Gasteiger partial charge on any atom is -0.391 e. The molecule has 1 N–H and O–H groups in total. The lowest BCUT2D eigenvalue weighted by atomic mass is 10.1. The summed E-state index contributed by atoms with van der Waals surface area (Å²) in [5.74, 6) is 0.854. The molecule has 0 aromatic heterocycles. The monoisotopic (exact) mass is 351 g/mol. The number of aliphatic hydroxyl groups is 1.